The molecule has 0 N–H and O–H groups in total. The van der Waals surface area contributed by atoms with Gasteiger partial charge in [-0.3, -0.25) is 0 Å². The molecule has 1 heterocycles. The molecule has 1 saturated carbocycles. The number of hydrogen-bond donors (Lipinski definition) is 0. The molecule has 0 amide bonds. The predicted octanol–water partition coefficient (Wildman–Crippen LogP) is 1.26. The first kappa shape index (κ1) is 4.77. The van der Waals surface area contributed by atoms with Gasteiger partial charge in [0.2, 0.25) is 0 Å². The van der Waals surface area contributed by atoms with Crippen LogP contribution in [0, 0.1) is 0 Å². The van der Waals surface area contributed by atoms with Crippen molar-refractivity contribution in [3.8, 4) is 0 Å². The van der Waals surface area contributed by atoms with Crippen LogP contribution < -0.4 is 0 Å². The van der Waals surface area contributed by atoms with Crippen molar-refractivity contribution in [3.63, 3.8) is 0 Å². The molecule has 2 rings (SSSR count). The Bertz CT molecular complexity index is 88.7. The third kappa shape index (κ3) is 0.501. The topological polar surface area (TPSA) is 18.5 Å². The average Bonchev–Trinajstić information content (AvgIpc) is 2.07. The lowest BCUT2D eigenvalue weighted by Crippen LogP contribution is -2.35. The summed E-state index contributed by atoms with van der Waals surface area (Å²) in [7, 11) is 0. The summed E-state index contributed by atoms with van der Waals surface area (Å²) in [6.45, 7) is 0.806. The molecule has 1 spiro atoms. The Kier molecular flexibility index (Phi) is 0.866. The lowest BCUT2D eigenvalue weighted by Gasteiger charge is -2.33. The van der Waals surface area contributed by atoms with E-state index in [1.807, 2.05) is 0 Å². The van der Waals surface area contributed by atoms with Crippen LogP contribution in [0.4, 0.5) is 0 Å². The van der Waals surface area contributed by atoms with E-state index in [0.717, 1.165) is 13.0 Å². The van der Waals surface area contributed by atoms with E-state index in [2.05, 4.69) is 0 Å². The third-order valence-electron chi connectivity index (χ3n) is 2.14. The van der Waals surface area contributed by atoms with Crippen molar-refractivity contribution in [2.75, 3.05) is 6.61 Å². The van der Waals surface area contributed by atoms with Crippen LogP contribution in [0.1, 0.15) is 25.7 Å². The highest BCUT2D eigenvalue weighted by Crippen LogP contribution is 2.41. The van der Waals surface area contributed by atoms with Crippen LogP contribution in [0.5, 0.6) is 0 Å². The van der Waals surface area contributed by atoms with Gasteiger partial charge in [-0.25, -0.2) is 9.78 Å². The summed E-state index contributed by atoms with van der Waals surface area (Å²) in [5.41, 5.74) is 0.194. The van der Waals surface area contributed by atoms with Crippen LogP contribution in [0.15, 0.2) is 0 Å². The standard InChI is InChI=1S/C6H10O2/c1-2-6(3-1)4-5-7-8-6/h1-5H2. The fourth-order valence-electron chi connectivity index (χ4n) is 1.34. The van der Waals surface area contributed by atoms with E-state index in [9.17, 15) is 0 Å². The molecule has 2 heteroatoms. The second-order valence-corrected chi connectivity index (χ2v) is 2.69. The molecule has 0 atom stereocenters. The summed E-state index contributed by atoms with van der Waals surface area (Å²) in [6, 6.07) is 0. The van der Waals surface area contributed by atoms with E-state index >= 15 is 0 Å². The molecule has 0 bridgehead atoms. The van der Waals surface area contributed by atoms with Crippen LogP contribution >= 0.6 is 0 Å². The molecule has 0 unspecified atom stereocenters. The van der Waals surface area contributed by atoms with E-state index in [1.54, 1.807) is 0 Å². The fourth-order valence-corrected chi connectivity index (χ4v) is 1.34. The molecule has 1 saturated heterocycles. The van der Waals surface area contributed by atoms with Gasteiger partial charge in [-0.1, -0.05) is 0 Å². The molecule has 0 aromatic carbocycles. The van der Waals surface area contributed by atoms with Gasteiger partial charge >= 0.3 is 0 Å². The second-order valence-electron chi connectivity index (χ2n) is 2.69. The van der Waals surface area contributed by atoms with Gasteiger partial charge in [0.05, 0.1) is 6.61 Å². The van der Waals surface area contributed by atoms with E-state index in [1.165, 1.54) is 19.3 Å². The Morgan fingerprint density at radius 3 is 2.25 bits per heavy atom. The summed E-state index contributed by atoms with van der Waals surface area (Å²) >= 11 is 0. The van der Waals surface area contributed by atoms with Crippen molar-refractivity contribution in [2.45, 2.75) is 31.3 Å². The van der Waals surface area contributed by atoms with E-state index in [-0.39, 0.29) is 5.60 Å². The van der Waals surface area contributed by atoms with Crippen molar-refractivity contribution in [1.82, 2.24) is 0 Å². The predicted molar refractivity (Wildman–Crippen MR) is 28.2 cm³/mol. The van der Waals surface area contributed by atoms with E-state index < -0.39 is 0 Å². The first-order valence-corrected chi connectivity index (χ1v) is 3.22. The van der Waals surface area contributed by atoms with Gasteiger partial charge in [0.25, 0.3) is 0 Å². The molecule has 1 aliphatic carbocycles. The van der Waals surface area contributed by atoms with Gasteiger partial charge in [0.1, 0.15) is 5.60 Å². The first-order chi connectivity index (χ1) is 3.91. The Morgan fingerprint density at radius 1 is 1.12 bits per heavy atom. The minimum Gasteiger partial charge on any atom is -0.236 e. The van der Waals surface area contributed by atoms with Crippen molar-refractivity contribution >= 4 is 0 Å². The molecule has 1 aliphatic heterocycles. The summed E-state index contributed by atoms with van der Waals surface area (Å²) in [4.78, 5) is 9.88. The number of hydrogen-bond acceptors (Lipinski definition) is 2. The lowest BCUT2D eigenvalue weighted by molar-refractivity contribution is -0.324. The maximum absolute atomic E-state index is 5.08. The number of rotatable bonds is 0. The van der Waals surface area contributed by atoms with E-state index in [0.29, 0.717) is 0 Å². The molecular formula is C6H10O2. The zero-order valence-corrected chi connectivity index (χ0v) is 4.85. The molecular weight excluding hydrogens is 104 g/mol. The maximum atomic E-state index is 5.08. The third-order valence-corrected chi connectivity index (χ3v) is 2.14. The molecule has 2 fully saturated rings. The van der Waals surface area contributed by atoms with Gasteiger partial charge in [-0.05, 0) is 19.3 Å². The monoisotopic (exact) mass is 114 g/mol. The van der Waals surface area contributed by atoms with Crippen LogP contribution in [0.25, 0.3) is 0 Å². The molecule has 46 valence electrons. The van der Waals surface area contributed by atoms with Crippen molar-refractivity contribution in [1.29, 1.82) is 0 Å². The smallest absolute Gasteiger partial charge is 0.106 e. The summed E-state index contributed by atoms with van der Waals surface area (Å²) < 4.78 is 0. The summed E-state index contributed by atoms with van der Waals surface area (Å²) in [5, 5.41) is 0. The molecule has 8 heavy (non-hydrogen) atoms. The van der Waals surface area contributed by atoms with Gasteiger partial charge in [-0.2, -0.15) is 0 Å². The Labute approximate surface area is 48.7 Å². The highest BCUT2D eigenvalue weighted by atomic mass is 17.2. The normalized spacial score (nSPS) is 33.0. The zero-order valence-electron chi connectivity index (χ0n) is 4.85. The molecule has 0 aromatic rings. The minimum atomic E-state index is 0.194. The first-order valence-electron chi connectivity index (χ1n) is 3.22. The Balaban J connectivity index is 2.01. The molecule has 0 radical (unpaired) electrons. The Hall–Kier alpha value is -0.0800. The highest BCUT2D eigenvalue weighted by molar-refractivity contribution is 4.89. The second kappa shape index (κ2) is 1.45. The quantitative estimate of drug-likeness (QED) is 0.441. The van der Waals surface area contributed by atoms with Crippen molar-refractivity contribution in [2.24, 2.45) is 0 Å². The molecule has 0 aromatic heterocycles. The van der Waals surface area contributed by atoms with Crippen LogP contribution in [0.3, 0.4) is 0 Å². The molecule has 2 aliphatic rings. The lowest BCUT2D eigenvalue weighted by atomic mass is 9.78. The van der Waals surface area contributed by atoms with E-state index in [4.69, 9.17) is 9.78 Å². The fraction of sp³-hybridized carbons (Fsp3) is 1.00. The zero-order chi connectivity index (χ0) is 5.45. The van der Waals surface area contributed by atoms with Gasteiger partial charge < -0.3 is 0 Å². The van der Waals surface area contributed by atoms with Crippen LogP contribution in [0.2, 0.25) is 0 Å². The van der Waals surface area contributed by atoms with Crippen molar-refractivity contribution < 1.29 is 9.78 Å². The molecule has 2 nitrogen and oxygen atoms in total. The van der Waals surface area contributed by atoms with Gasteiger partial charge in [0.15, 0.2) is 0 Å². The van der Waals surface area contributed by atoms with Gasteiger partial charge in [0, 0.05) is 6.42 Å². The van der Waals surface area contributed by atoms with Gasteiger partial charge in [-0.15, -0.1) is 0 Å². The minimum absolute atomic E-state index is 0.194. The average molecular weight is 114 g/mol. The van der Waals surface area contributed by atoms with Crippen molar-refractivity contribution in [3.05, 3.63) is 0 Å². The maximum Gasteiger partial charge on any atom is 0.106 e. The highest BCUT2D eigenvalue weighted by Gasteiger charge is 2.42. The van der Waals surface area contributed by atoms with Crippen LogP contribution in [-0.2, 0) is 9.78 Å². The Morgan fingerprint density at radius 2 is 2.00 bits per heavy atom. The largest absolute Gasteiger partial charge is 0.236 e. The summed E-state index contributed by atoms with van der Waals surface area (Å²) in [5.74, 6) is 0. The SMILES string of the molecule is C1CC2(C1)CCOO2. The summed E-state index contributed by atoms with van der Waals surface area (Å²) in [6.07, 6.45) is 4.87. The van der Waals surface area contributed by atoms with Crippen LogP contribution in [-0.4, -0.2) is 12.2 Å².